The molecule has 6 nitrogen and oxygen atoms in total. The lowest BCUT2D eigenvalue weighted by atomic mass is 10.0. The third-order valence-corrected chi connectivity index (χ3v) is 4.94. The Morgan fingerprint density at radius 2 is 1.41 bits per heavy atom. The Labute approximate surface area is 177 Å². The molecular weight excluding hydrogens is 442 g/mol. The molecule has 0 saturated carbocycles. The van der Waals surface area contributed by atoms with E-state index in [1.807, 2.05) is 0 Å². The Balaban J connectivity index is 2.20. The van der Waals surface area contributed by atoms with Gasteiger partial charge >= 0.3 is 18.0 Å². The van der Waals surface area contributed by atoms with E-state index in [0.717, 1.165) is 10.6 Å². The van der Waals surface area contributed by atoms with Crippen molar-refractivity contribution < 1.29 is 26.3 Å². The molecule has 0 unspecified atom stereocenters. The topological polar surface area (TPSA) is 61.8 Å². The summed E-state index contributed by atoms with van der Waals surface area (Å²) < 4.78 is 82.0. The average Bonchev–Trinajstić information content (AvgIpc) is 3.02. The zero-order chi connectivity index (χ0) is 24.0. The van der Waals surface area contributed by atoms with Crippen molar-refractivity contribution in [3.05, 3.63) is 61.6 Å². The molecule has 0 atom stereocenters. The molecule has 0 bridgehead atoms. The summed E-state index contributed by atoms with van der Waals surface area (Å²) in [5.41, 5.74) is -4.22. The largest absolute Gasteiger partial charge is 0.416 e. The molecule has 3 aromatic rings. The lowest BCUT2D eigenvalue weighted by Gasteiger charge is -2.12. The van der Waals surface area contributed by atoms with Gasteiger partial charge in [0.25, 0.3) is 5.56 Å². The molecule has 0 N–H and O–H groups in total. The number of alkyl halides is 6. The summed E-state index contributed by atoms with van der Waals surface area (Å²) in [5, 5.41) is 0. The molecule has 172 valence electrons. The maximum absolute atomic E-state index is 13.1. The van der Waals surface area contributed by atoms with E-state index < -0.39 is 34.7 Å². The van der Waals surface area contributed by atoms with Gasteiger partial charge in [0.15, 0.2) is 11.2 Å². The third-order valence-electron chi connectivity index (χ3n) is 4.94. The summed E-state index contributed by atoms with van der Waals surface area (Å²) in [5.74, 6) is 0.0820. The maximum atomic E-state index is 13.1. The monoisotopic (exact) mass is 460 g/mol. The van der Waals surface area contributed by atoms with E-state index in [-0.39, 0.29) is 41.7 Å². The van der Waals surface area contributed by atoms with Crippen molar-refractivity contribution in [3.63, 3.8) is 0 Å². The molecule has 0 aliphatic heterocycles. The van der Waals surface area contributed by atoms with Crippen LogP contribution < -0.4 is 11.2 Å². The molecule has 0 saturated heterocycles. The van der Waals surface area contributed by atoms with Crippen molar-refractivity contribution in [2.75, 3.05) is 0 Å². The van der Waals surface area contributed by atoms with Crippen molar-refractivity contribution in [1.82, 2.24) is 18.7 Å². The van der Waals surface area contributed by atoms with Gasteiger partial charge in [0.05, 0.1) is 11.1 Å². The van der Waals surface area contributed by atoms with Gasteiger partial charge in [0.2, 0.25) is 0 Å². The van der Waals surface area contributed by atoms with Gasteiger partial charge in [-0.15, -0.1) is 0 Å². The predicted octanol–water partition coefficient (Wildman–Crippen LogP) is 4.14. The molecule has 0 aliphatic carbocycles. The molecular formula is C20H18F6N4O2. The van der Waals surface area contributed by atoms with Crippen LogP contribution in [0.25, 0.3) is 23.3 Å². The standard InChI is InChI=1S/C20H18F6N4O2/c1-4-29-16-15(17(31)30(5-2)18(29)32)28(3)14(27-16)7-6-11-8-12(19(21,22)23)10-13(9-11)20(24,25)26/h6-10H,4-5H2,1-3H3. The number of rotatable bonds is 4. The fraction of sp³-hybridized carbons (Fsp3) is 0.350. The van der Waals surface area contributed by atoms with Crippen molar-refractivity contribution in [3.8, 4) is 0 Å². The van der Waals surface area contributed by atoms with E-state index >= 15 is 0 Å². The second-order valence-corrected chi connectivity index (χ2v) is 6.95. The number of benzene rings is 1. The van der Waals surface area contributed by atoms with Gasteiger partial charge in [-0.3, -0.25) is 13.9 Å². The van der Waals surface area contributed by atoms with E-state index in [2.05, 4.69) is 4.98 Å². The smallest absolute Gasteiger partial charge is 0.322 e. The Kier molecular flexibility index (Phi) is 5.83. The number of hydrogen-bond acceptors (Lipinski definition) is 3. The van der Waals surface area contributed by atoms with Crippen LogP contribution in [0.4, 0.5) is 26.3 Å². The van der Waals surface area contributed by atoms with Crippen LogP contribution in [-0.2, 0) is 32.5 Å². The first-order chi connectivity index (χ1) is 14.8. The summed E-state index contributed by atoms with van der Waals surface area (Å²) in [4.78, 5) is 29.4. The second kappa shape index (κ2) is 7.99. The Hall–Kier alpha value is -3.31. The molecule has 12 heteroatoms. The lowest BCUT2D eigenvalue weighted by Crippen LogP contribution is -2.39. The quantitative estimate of drug-likeness (QED) is 0.550. The number of imidazole rings is 1. The van der Waals surface area contributed by atoms with Crippen LogP contribution in [0.3, 0.4) is 0 Å². The molecule has 32 heavy (non-hydrogen) atoms. The van der Waals surface area contributed by atoms with Crippen molar-refractivity contribution >= 4 is 23.3 Å². The fourth-order valence-corrected chi connectivity index (χ4v) is 3.34. The van der Waals surface area contributed by atoms with Crippen molar-refractivity contribution in [1.29, 1.82) is 0 Å². The summed E-state index contributed by atoms with van der Waals surface area (Å²) >= 11 is 0. The second-order valence-electron chi connectivity index (χ2n) is 6.95. The number of halogens is 6. The number of aromatic nitrogens is 4. The van der Waals surface area contributed by atoms with Gasteiger partial charge in [-0.1, -0.05) is 6.08 Å². The van der Waals surface area contributed by atoms with E-state index in [1.54, 1.807) is 13.8 Å². The normalized spacial score (nSPS) is 12.9. The van der Waals surface area contributed by atoms with Crippen LogP contribution in [0, 0.1) is 0 Å². The number of aryl methyl sites for hydroxylation is 2. The van der Waals surface area contributed by atoms with Gasteiger partial charge in [-0.25, -0.2) is 9.78 Å². The molecule has 0 spiro atoms. The SMILES string of the molecule is CCn1c(=O)c2c(nc(C=Cc3cc(C(F)(F)F)cc(C(F)(F)F)c3)n2C)n(CC)c1=O. The van der Waals surface area contributed by atoms with Crippen molar-refractivity contribution in [2.24, 2.45) is 7.05 Å². The zero-order valence-electron chi connectivity index (χ0n) is 17.2. The van der Waals surface area contributed by atoms with E-state index in [1.165, 1.54) is 22.3 Å². The van der Waals surface area contributed by atoms with Gasteiger partial charge in [0.1, 0.15) is 5.82 Å². The van der Waals surface area contributed by atoms with Crippen LogP contribution in [0.2, 0.25) is 0 Å². The highest BCUT2D eigenvalue weighted by atomic mass is 19.4. The Bertz CT molecular complexity index is 1290. The molecule has 0 aliphatic rings. The highest BCUT2D eigenvalue weighted by Crippen LogP contribution is 2.36. The highest BCUT2D eigenvalue weighted by molar-refractivity contribution is 5.76. The van der Waals surface area contributed by atoms with Crippen LogP contribution in [-0.4, -0.2) is 18.7 Å². The molecule has 1 aromatic carbocycles. The molecule has 3 rings (SSSR count). The van der Waals surface area contributed by atoms with Gasteiger partial charge < -0.3 is 4.57 Å². The van der Waals surface area contributed by atoms with Gasteiger partial charge in [0, 0.05) is 20.1 Å². The number of hydrogen-bond donors (Lipinski definition) is 0. The number of nitrogens with zero attached hydrogens (tertiary/aromatic N) is 4. The first kappa shape index (κ1) is 23.4. The van der Waals surface area contributed by atoms with Crippen molar-refractivity contribution in [2.45, 2.75) is 39.3 Å². The van der Waals surface area contributed by atoms with E-state index in [4.69, 9.17) is 0 Å². The Morgan fingerprint density at radius 1 is 0.875 bits per heavy atom. The van der Waals surface area contributed by atoms with Crippen LogP contribution >= 0.6 is 0 Å². The predicted molar refractivity (Wildman–Crippen MR) is 106 cm³/mol. The molecule has 0 radical (unpaired) electrons. The van der Waals surface area contributed by atoms with Crippen LogP contribution in [0.15, 0.2) is 27.8 Å². The van der Waals surface area contributed by atoms with Crippen LogP contribution in [0.5, 0.6) is 0 Å². The van der Waals surface area contributed by atoms with Gasteiger partial charge in [-0.05, 0) is 43.7 Å². The average molecular weight is 460 g/mol. The van der Waals surface area contributed by atoms with Gasteiger partial charge in [-0.2, -0.15) is 26.3 Å². The highest BCUT2D eigenvalue weighted by Gasteiger charge is 2.36. The van der Waals surface area contributed by atoms with E-state index in [9.17, 15) is 35.9 Å². The third kappa shape index (κ3) is 4.08. The molecule has 2 aromatic heterocycles. The maximum Gasteiger partial charge on any atom is 0.416 e. The molecule has 0 amide bonds. The van der Waals surface area contributed by atoms with E-state index in [0.29, 0.717) is 12.1 Å². The van der Waals surface area contributed by atoms with Crippen LogP contribution in [0.1, 0.15) is 36.4 Å². The molecule has 0 fully saturated rings. The zero-order valence-corrected chi connectivity index (χ0v) is 17.2. The Morgan fingerprint density at radius 3 is 1.88 bits per heavy atom. The summed E-state index contributed by atoms with van der Waals surface area (Å²) in [7, 11) is 1.47. The minimum absolute atomic E-state index is 0.0412. The fourth-order valence-electron chi connectivity index (χ4n) is 3.34. The summed E-state index contributed by atoms with van der Waals surface area (Å²) in [6.07, 6.45) is -7.71. The summed E-state index contributed by atoms with van der Waals surface area (Å²) in [6.45, 7) is 3.63. The first-order valence-corrected chi connectivity index (χ1v) is 9.47. The number of fused-ring (bicyclic) bond motifs is 1. The lowest BCUT2D eigenvalue weighted by molar-refractivity contribution is -0.143. The minimum atomic E-state index is -4.97. The minimum Gasteiger partial charge on any atom is -0.322 e. The summed E-state index contributed by atoms with van der Waals surface area (Å²) in [6, 6.07) is 1.21. The molecule has 2 heterocycles. The first-order valence-electron chi connectivity index (χ1n) is 9.47.